The normalized spacial score (nSPS) is 10.1. The van der Waals surface area contributed by atoms with Crippen LogP contribution in [0.4, 0.5) is 0 Å². The Kier molecular flexibility index (Phi) is 3.57. The summed E-state index contributed by atoms with van der Waals surface area (Å²) in [5.41, 5.74) is 0.661. The fourth-order valence-electron chi connectivity index (χ4n) is 1.60. The number of hydrogen-bond donors (Lipinski definition) is 0. The zero-order valence-electron chi connectivity index (χ0n) is 9.88. The minimum absolute atomic E-state index is 0.136. The van der Waals surface area contributed by atoms with E-state index in [4.69, 9.17) is 9.15 Å². The van der Waals surface area contributed by atoms with Gasteiger partial charge in [0.25, 0.3) is 0 Å². The van der Waals surface area contributed by atoms with E-state index in [-0.39, 0.29) is 12.2 Å². The van der Waals surface area contributed by atoms with Gasteiger partial charge in [-0.05, 0) is 18.2 Å². The van der Waals surface area contributed by atoms with Crippen molar-refractivity contribution in [3.8, 4) is 5.75 Å². The fraction of sp³-hybridized carbons (Fsp3) is 0.143. The Balaban J connectivity index is 2.18. The quantitative estimate of drug-likeness (QED) is 0.471. The number of rotatable bonds is 4. The van der Waals surface area contributed by atoms with Crippen molar-refractivity contribution < 1.29 is 18.7 Å². The average molecular weight is 244 g/mol. The maximum absolute atomic E-state index is 11.9. The van der Waals surface area contributed by atoms with Gasteiger partial charge in [-0.2, -0.15) is 0 Å². The van der Waals surface area contributed by atoms with Gasteiger partial charge in [0.1, 0.15) is 5.75 Å². The number of benzene rings is 1. The molecule has 0 N–H and O–H groups in total. The molecular weight excluding hydrogens is 232 g/mol. The highest BCUT2D eigenvalue weighted by Gasteiger charge is 2.13. The standard InChI is InChI=1S/C14H12O4/c1-10(15)18-13-6-3-2-5-11(13)9-12(16)14-7-4-8-17-14/h2-8H,9H2,1H3. The maximum atomic E-state index is 11.9. The van der Waals surface area contributed by atoms with Crippen LogP contribution in [0, 0.1) is 0 Å². The smallest absolute Gasteiger partial charge is 0.308 e. The number of para-hydroxylation sites is 1. The Morgan fingerprint density at radius 3 is 2.61 bits per heavy atom. The van der Waals surface area contributed by atoms with Crippen LogP contribution in [0.1, 0.15) is 23.0 Å². The minimum atomic E-state index is -0.409. The minimum Gasteiger partial charge on any atom is -0.461 e. The van der Waals surface area contributed by atoms with Gasteiger partial charge in [-0.3, -0.25) is 9.59 Å². The predicted molar refractivity (Wildman–Crippen MR) is 64.5 cm³/mol. The van der Waals surface area contributed by atoms with Gasteiger partial charge in [0.05, 0.1) is 6.26 Å². The molecule has 92 valence electrons. The van der Waals surface area contributed by atoms with E-state index in [1.165, 1.54) is 13.2 Å². The highest BCUT2D eigenvalue weighted by atomic mass is 16.5. The number of Topliss-reactive ketones (excluding diaryl/α,β-unsaturated/α-hetero) is 1. The van der Waals surface area contributed by atoms with Crippen LogP contribution in [-0.4, -0.2) is 11.8 Å². The summed E-state index contributed by atoms with van der Waals surface area (Å²) in [6.07, 6.45) is 1.59. The molecule has 0 saturated heterocycles. The third-order valence-corrected chi connectivity index (χ3v) is 2.37. The van der Waals surface area contributed by atoms with Crippen molar-refractivity contribution in [2.24, 2.45) is 0 Å². The Labute approximate surface area is 104 Å². The van der Waals surface area contributed by atoms with Crippen LogP contribution in [0.2, 0.25) is 0 Å². The van der Waals surface area contributed by atoms with Gasteiger partial charge in [-0.15, -0.1) is 0 Å². The molecule has 0 amide bonds. The van der Waals surface area contributed by atoms with Gasteiger partial charge in [0, 0.05) is 18.9 Å². The first-order valence-corrected chi connectivity index (χ1v) is 5.50. The average Bonchev–Trinajstić information content (AvgIpc) is 2.84. The summed E-state index contributed by atoms with van der Waals surface area (Å²) in [5.74, 6) is 0.144. The monoisotopic (exact) mass is 244 g/mol. The van der Waals surface area contributed by atoms with E-state index in [0.717, 1.165) is 0 Å². The van der Waals surface area contributed by atoms with Crippen molar-refractivity contribution in [2.75, 3.05) is 0 Å². The highest BCUT2D eigenvalue weighted by molar-refractivity contribution is 5.95. The van der Waals surface area contributed by atoms with Gasteiger partial charge in [-0.1, -0.05) is 18.2 Å². The van der Waals surface area contributed by atoms with Gasteiger partial charge >= 0.3 is 5.97 Å². The number of esters is 1. The van der Waals surface area contributed by atoms with E-state index in [0.29, 0.717) is 17.1 Å². The molecule has 0 aliphatic carbocycles. The molecule has 2 aromatic rings. The van der Waals surface area contributed by atoms with E-state index in [9.17, 15) is 9.59 Å². The van der Waals surface area contributed by atoms with Crippen molar-refractivity contribution in [2.45, 2.75) is 13.3 Å². The molecule has 4 heteroatoms. The third-order valence-electron chi connectivity index (χ3n) is 2.37. The predicted octanol–water partition coefficient (Wildman–Crippen LogP) is 2.63. The second-order valence-corrected chi connectivity index (χ2v) is 3.78. The lowest BCUT2D eigenvalue weighted by molar-refractivity contribution is -0.131. The summed E-state index contributed by atoms with van der Waals surface area (Å²) >= 11 is 0. The van der Waals surface area contributed by atoms with Crippen molar-refractivity contribution >= 4 is 11.8 Å². The molecule has 0 radical (unpaired) electrons. The summed E-state index contributed by atoms with van der Waals surface area (Å²) in [4.78, 5) is 22.8. The Hall–Kier alpha value is -2.36. The summed E-state index contributed by atoms with van der Waals surface area (Å²) < 4.78 is 10.1. The molecule has 1 aromatic heterocycles. The van der Waals surface area contributed by atoms with Crippen LogP contribution in [-0.2, 0) is 11.2 Å². The number of ketones is 1. The molecule has 0 atom stereocenters. The van der Waals surface area contributed by atoms with Gasteiger partial charge in [0.15, 0.2) is 5.76 Å². The first kappa shape index (κ1) is 12.1. The molecule has 1 aromatic carbocycles. The lowest BCUT2D eigenvalue weighted by Gasteiger charge is -2.07. The fourth-order valence-corrected chi connectivity index (χ4v) is 1.60. The van der Waals surface area contributed by atoms with Crippen molar-refractivity contribution in [1.29, 1.82) is 0 Å². The molecule has 0 saturated carbocycles. The van der Waals surface area contributed by atoms with E-state index >= 15 is 0 Å². The molecule has 0 unspecified atom stereocenters. The SMILES string of the molecule is CC(=O)Oc1ccccc1CC(=O)c1ccco1. The molecule has 1 heterocycles. The maximum Gasteiger partial charge on any atom is 0.308 e. The van der Waals surface area contributed by atoms with Crippen LogP contribution in [0.25, 0.3) is 0 Å². The Morgan fingerprint density at radius 2 is 1.94 bits per heavy atom. The van der Waals surface area contributed by atoms with E-state index < -0.39 is 5.97 Å². The zero-order chi connectivity index (χ0) is 13.0. The second kappa shape index (κ2) is 5.31. The first-order chi connectivity index (χ1) is 8.66. The van der Waals surface area contributed by atoms with Crippen LogP contribution in [0.5, 0.6) is 5.75 Å². The third kappa shape index (κ3) is 2.85. The van der Waals surface area contributed by atoms with Crippen LogP contribution >= 0.6 is 0 Å². The molecule has 4 nitrogen and oxygen atoms in total. The van der Waals surface area contributed by atoms with Gasteiger partial charge < -0.3 is 9.15 Å². The lowest BCUT2D eigenvalue weighted by Crippen LogP contribution is -2.07. The number of carbonyl (C=O) groups excluding carboxylic acids is 2. The molecule has 18 heavy (non-hydrogen) atoms. The van der Waals surface area contributed by atoms with Crippen molar-refractivity contribution in [3.05, 3.63) is 54.0 Å². The Bertz CT molecular complexity index is 555. The van der Waals surface area contributed by atoms with E-state index in [1.54, 1.807) is 36.4 Å². The number of carbonyl (C=O) groups is 2. The van der Waals surface area contributed by atoms with Crippen molar-refractivity contribution in [1.82, 2.24) is 0 Å². The van der Waals surface area contributed by atoms with Crippen LogP contribution in [0.3, 0.4) is 0 Å². The summed E-state index contributed by atoms with van der Waals surface area (Å²) in [6, 6.07) is 10.2. The highest BCUT2D eigenvalue weighted by Crippen LogP contribution is 2.20. The van der Waals surface area contributed by atoms with Crippen LogP contribution in [0.15, 0.2) is 47.1 Å². The number of hydrogen-bond acceptors (Lipinski definition) is 4. The molecule has 2 rings (SSSR count). The molecule has 0 fully saturated rings. The van der Waals surface area contributed by atoms with Crippen LogP contribution < -0.4 is 4.74 Å². The molecule has 0 bridgehead atoms. The van der Waals surface area contributed by atoms with Gasteiger partial charge in [0.2, 0.25) is 5.78 Å². The molecular formula is C14H12O4. The summed E-state index contributed by atoms with van der Waals surface area (Å²) in [7, 11) is 0. The molecule has 0 spiro atoms. The van der Waals surface area contributed by atoms with E-state index in [2.05, 4.69) is 0 Å². The van der Waals surface area contributed by atoms with Gasteiger partial charge in [-0.25, -0.2) is 0 Å². The number of ether oxygens (including phenoxy) is 1. The lowest BCUT2D eigenvalue weighted by atomic mass is 10.1. The van der Waals surface area contributed by atoms with E-state index in [1.807, 2.05) is 0 Å². The molecule has 0 aliphatic heterocycles. The Morgan fingerprint density at radius 1 is 1.17 bits per heavy atom. The number of furan rings is 1. The summed E-state index contributed by atoms with van der Waals surface area (Å²) in [5, 5.41) is 0. The molecule has 0 aliphatic rings. The largest absolute Gasteiger partial charge is 0.461 e. The first-order valence-electron chi connectivity index (χ1n) is 5.50. The van der Waals surface area contributed by atoms with Crippen molar-refractivity contribution in [3.63, 3.8) is 0 Å². The summed E-state index contributed by atoms with van der Waals surface area (Å²) in [6.45, 7) is 1.32. The second-order valence-electron chi connectivity index (χ2n) is 3.78. The zero-order valence-corrected chi connectivity index (χ0v) is 9.88. The topological polar surface area (TPSA) is 56.5 Å².